The molecule has 0 saturated heterocycles. The largest absolute Gasteiger partial charge is 0.443 e. The number of rotatable bonds is 3. The van der Waals surface area contributed by atoms with Crippen LogP contribution in [-0.4, -0.2) is 14.6 Å². The molecule has 0 radical (unpaired) electrons. The highest BCUT2D eigenvalue weighted by Crippen LogP contribution is 2.38. The van der Waals surface area contributed by atoms with E-state index in [9.17, 15) is 13.2 Å². The van der Waals surface area contributed by atoms with Crippen molar-refractivity contribution < 1.29 is 13.2 Å². The van der Waals surface area contributed by atoms with Crippen LogP contribution in [0.2, 0.25) is 0 Å². The lowest BCUT2D eigenvalue weighted by molar-refractivity contribution is -0.137. The van der Waals surface area contributed by atoms with Gasteiger partial charge in [-0.2, -0.15) is 13.2 Å². The smallest absolute Gasteiger partial charge is 0.271 e. The number of nitrogens with zero attached hydrogens (tertiary/aromatic N) is 3. The summed E-state index contributed by atoms with van der Waals surface area (Å²) in [6.45, 7) is 5.86. The number of nitrogens with one attached hydrogen (secondary N) is 1. The topological polar surface area (TPSA) is 76.7 Å². The molecule has 0 fully saturated rings. The van der Waals surface area contributed by atoms with E-state index in [0.29, 0.717) is 26.8 Å². The van der Waals surface area contributed by atoms with Crippen LogP contribution in [0.3, 0.4) is 0 Å². The molecule has 10 heteroatoms. The second kappa shape index (κ2) is 5.59. The van der Waals surface area contributed by atoms with Crippen LogP contribution in [0.1, 0.15) is 47.3 Å². The molecular formula is C11H14F3N5S2. The Labute approximate surface area is 127 Å². The van der Waals surface area contributed by atoms with Crippen molar-refractivity contribution in [2.75, 3.05) is 0 Å². The molecule has 116 valence electrons. The van der Waals surface area contributed by atoms with Crippen LogP contribution in [0.25, 0.3) is 0 Å². The highest BCUT2D eigenvalue weighted by molar-refractivity contribution is 7.12. The summed E-state index contributed by atoms with van der Waals surface area (Å²) in [5.41, 5.74) is 2.95. The van der Waals surface area contributed by atoms with Gasteiger partial charge in [0.1, 0.15) is 0 Å². The molecule has 2 aromatic rings. The van der Waals surface area contributed by atoms with Crippen molar-refractivity contribution in [2.24, 2.45) is 5.84 Å². The molecule has 21 heavy (non-hydrogen) atoms. The molecule has 0 aliphatic heterocycles. The number of nitrogens with two attached hydrogens (primary N) is 1. The number of thiazole rings is 1. The molecule has 0 aromatic carbocycles. The summed E-state index contributed by atoms with van der Waals surface area (Å²) in [7, 11) is 0. The number of hydrogen-bond donors (Lipinski definition) is 2. The Kier molecular flexibility index (Phi) is 4.34. The van der Waals surface area contributed by atoms with Gasteiger partial charge in [0.05, 0.1) is 16.6 Å². The molecule has 1 unspecified atom stereocenters. The molecule has 3 N–H and O–H groups in total. The zero-order chi connectivity index (χ0) is 15.8. The lowest BCUT2D eigenvalue weighted by Gasteiger charge is -2.20. The molecule has 0 aliphatic carbocycles. The van der Waals surface area contributed by atoms with Crippen LogP contribution in [0.15, 0.2) is 6.20 Å². The molecule has 0 spiro atoms. The van der Waals surface area contributed by atoms with E-state index in [4.69, 9.17) is 5.84 Å². The van der Waals surface area contributed by atoms with Gasteiger partial charge >= 0.3 is 6.18 Å². The third kappa shape index (κ3) is 3.39. The van der Waals surface area contributed by atoms with Crippen LogP contribution < -0.4 is 11.3 Å². The van der Waals surface area contributed by atoms with E-state index in [2.05, 4.69) is 20.0 Å². The first-order valence-corrected chi connectivity index (χ1v) is 7.55. The predicted molar refractivity (Wildman–Crippen MR) is 74.9 cm³/mol. The third-order valence-corrected chi connectivity index (χ3v) is 4.60. The van der Waals surface area contributed by atoms with E-state index in [1.807, 2.05) is 20.8 Å². The number of alkyl halides is 3. The van der Waals surface area contributed by atoms with Gasteiger partial charge in [-0.15, -0.1) is 16.4 Å². The quantitative estimate of drug-likeness (QED) is 0.665. The lowest BCUT2D eigenvalue weighted by Crippen LogP contribution is -2.29. The highest BCUT2D eigenvalue weighted by Gasteiger charge is 2.36. The van der Waals surface area contributed by atoms with Crippen LogP contribution in [-0.2, 0) is 11.6 Å². The second-order valence-corrected chi connectivity index (χ2v) is 7.25. The Bertz CT molecular complexity index is 614. The Morgan fingerprint density at radius 1 is 1.29 bits per heavy atom. The van der Waals surface area contributed by atoms with Crippen molar-refractivity contribution in [1.82, 2.24) is 20.0 Å². The standard InChI is InChI=1S/C11H14F3N5S2/c1-10(2,3)8-7(21-19-18-8)6(17-15)5-4-16-9(20-5)11(12,13)14/h4,6,17H,15H2,1-3H3. The van der Waals surface area contributed by atoms with Crippen molar-refractivity contribution in [1.29, 1.82) is 0 Å². The molecule has 0 bridgehead atoms. The highest BCUT2D eigenvalue weighted by atomic mass is 32.1. The summed E-state index contributed by atoms with van der Waals surface area (Å²) in [4.78, 5) is 4.49. The summed E-state index contributed by atoms with van der Waals surface area (Å²) < 4.78 is 41.9. The van der Waals surface area contributed by atoms with Crippen LogP contribution in [0.4, 0.5) is 13.2 Å². The molecular weight excluding hydrogens is 323 g/mol. The maximum atomic E-state index is 12.7. The predicted octanol–water partition coefficient (Wildman–Crippen LogP) is 2.86. The SMILES string of the molecule is CC(C)(C)c1nnsc1C(NN)c1cnc(C(F)(F)F)s1. The Morgan fingerprint density at radius 2 is 1.95 bits per heavy atom. The average molecular weight is 337 g/mol. The fourth-order valence-electron chi connectivity index (χ4n) is 1.74. The van der Waals surface area contributed by atoms with Crippen LogP contribution >= 0.6 is 22.9 Å². The number of aromatic nitrogens is 3. The third-order valence-electron chi connectivity index (χ3n) is 2.70. The van der Waals surface area contributed by atoms with E-state index >= 15 is 0 Å². The summed E-state index contributed by atoms with van der Waals surface area (Å²) in [5, 5.41) is 3.18. The summed E-state index contributed by atoms with van der Waals surface area (Å²) >= 11 is 1.68. The molecule has 5 nitrogen and oxygen atoms in total. The molecule has 0 amide bonds. The minimum absolute atomic E-state index is 0.283. The number of hydrazine groups is 1. The second-order valence-electron chi connectivity index (χ2n) is 5.40. The van der Waals surface area contributed by atoms with Crippen molar-refractivity contribution >= 4 is 22.9 Å². The van der Waals surface area contributed by atoms with Gasteiger partial charge in [-0.25, -0.2) is 10.4 Å². The fourth-order valence-corrected chi connectivity index (χ4v) is 3.62. The van der Waals surface area contributed by atoms with Gasteiger partial charge in [-0.3, -0.25) is 5.84 Å². The Hall–Kier alpha value is -1.10. The fraction of sp³-hybridized carbons (Fsp3) is 0.545. The van der Waals surface area contributed by atoms with E-state index in [1.54, 1.807) is 0 Å². The maximum absolute atomic E-state index is 12.7. The first-order valence-electron chi connectivity index (χ1n) is 5.96. The van der Waals surface area contributed by atoms with Crippen molar-refractivity contribution in [3.8, 4) is 0 Å². The summed E-state index contributed by atoms with van der Waals surface area (Å²) in [6.07, 6.45) is -3.27. The van der Waals surface area contributed by atoms with Crippen molar-refractivity contribution in [2.45, 2.75) is 38.4 Å². The Morgan fingerprint density at radius 3 is 2.43 bits per heavy atom. The summed E-state index contributed by atoms with van der Waals surface area (Å²) in [5.74, 6) is 5.53. The zero-order valence-corrected chi connectivity index (χ0v) is 13.2. The number of halogens is 3. The maximum Gasteiger partial charge on any atom is 0.443 e. The summed E-state index contributed by atoms with van der Waals surface area (Å²) in [6, 6.07) is -0.604. The molecule has 2 heterocycles. The lowest BCUT2D eigenvalue weighted by atomic mass is 9.90. The van der Waals surface area contributed by atoms with Crippen molar-refractivity contribution in [3.63, 3.8) is 0 Å². The van der Waals surface area contributed by atoms with Gasteiger partial charge in [0.2, 0.25) is 0 Å². The van der Waals surface area contributed by atoms with Gasteiger partial charge in [-0.05, 0) is 11.5 Å². The van der Waals surface area contributed by atoms with Crippen molar-refractivity contribution in [3.05, 3.63) is 26.7 Å². The van der Waals surface area contributed by atoms with E-state index < -0.39 is 17.2 Å². The molecule has 2 aromatic heterocycles. The van der Waals surface area contributed by atoms with E-state index in [-0.39, 0.29) is 5.41 Å². The van der Waals surface area contributed by atoms with Gasteiger partial charge in [-0.1, -0.05) is 25.3 Å². The van der Waals surface area contributed by atoms with Crippen LogP contribution in [0, 0.1) is 0 Å². The van der Waals surface area contributed by atoms with Gasteiger partial charge in [0, 0.05) is 16.5 Å². The molecule has 0 aliphatic rings. The van der Waals surface area contributed by atoms with Gasteiger partial charge < -0.3 is 0 Å². The minimum Gasteiger partial charge on any atom is -0.271 e. The number of hydrogen-bond acceptors (Lipinski definition) is 7. The van der Waals surface area contributed by atoms with Gasteiger partial charge in [0.25, 0.3) is 0 Å². The normalized spacial score (nSPS) is 14.4. The van der Waals surface area contributed by atoms with Crippen LogP contribution in [0.5, 0.6) is 0 Å². The van der Waals surface area contributed by atoms with E-state index in [1.165, 1.54) is 6.20 Å². The average Bonchev–Trinajstić information content (AvgIpc) is 2.96. The molecule has 2 rings (SSSR count). The Balaban J connectivity index is 2.42. The first kappa shape index (κ1) is 16.3. The first-order chi connectivity index (χ1) is 9.64. The molecule has 0 saturated carbocycles. The zero-order valence-electron chi connectivity index (χ0n) is 11.5. The molecule has 1 atom stereocenters. The van der Waals surface area contributed by atoms with Gasteiger partial charge in [0.15, 0.2) is 5.01 Å². The minimum atomic E-state index is -4.46. The van der Waals surface area contributed by atoms with E-state index in [0.717, 1.165) is 11.5 Å². The monoisotopic (exact) mass is 337 g/mol.